The van der Waals surface area contributed by atoms with Gasteiger partial charge in [-0.1, -0.05) is 12.1 Å². The van der Waals surface area contributed by atoms with Crippen LogP contribution < -0.4 is 5.73 Å². The summed E-state index contributed by atoms with van der Waals surface area (Å²) < 4.78 is 25.4. The third kappa shape index (κ3) is 2.31. The maximum Gasteiger partial charge on any atom is 0.183 e. The molecule has 0 atom stereocenters. The number of benzene rings is 1. The zero-order valence-corrected chi connectivity index (χ0v) is 8.32. The summed E-state index contributed by atoms with van der Waals surface area (Å²) in [6, 6.07) is 5.95. The summed E-state index contributed by atoms with van der Waals surface area (Å²) in [4.78, 5) is 7.59. The standard InChI is InChI=1S/C11H9F2N3/c12-8-3-1-7(2-4-8)5-10-15-6-9(13)11(14)16-10/h1-4,6H,5H2,(H2,14,15,16). The number of nitrogen functional groups attached to an aromatic ring is 1. The van der Waals surface area contributed by atoms with Crippen LogP contribution >= 0.6 is 0 Å². The fourth-order valence-electron chi connectivity index (χ4n) is 1.29. The molecule has 0 spiro atoms. The van der Waals surface area contributed by atoms with Gasteiger partial charge in [-0.15, -0.1) is 0 Å². The number of aromatic nitrogens is 2. The molecule has 16 heavy (non-hydrogen) atoms. The Balaban J connectivity index is 2.20. The predicted molar refractivity (Wildman–Crippen MR) is 55.6 cm³/mol. The minimum atomic E-state index is -0.636. The summed E-state index contributed by atoms with van der Waals surface area (Å²) in [5, 5.41) is 0. The van der Waals surface area contributed by atoms with Crippen LogP contribution in [0, 0.1) is 11.6 Å². The molecule has 5 heteroatoms. The molecule has 2 rings (SSSR count). The fraction of sp³-hybridized carbons (Fsp3) is 0.0909. The lowest BCUT2D eigenvalue weighted by atomic mass is 10.1. The van der Waals surface area contributed by atoms with E-state index in [1.54, 1.807) is 12.1 Å². The van der Waals surface area contributed by atoms with E-state index in [0.717, 1.165) is 11.8 Å². The van der Waals surface area contributed by atoms with E-state index in [1.807, 2.05) is 0 Å². The number of anilines is 1. The molecule has 2 N–H and O–H groups in total. The maximum absolute atomic E-state index is 12.8. The van der Waals surface area contributed by atoms with Crippen molar-refractivity contribution in [3.8, 4) is 0 Å². The Morgan fingerprint density at radius 1 is 1.12 bits per heavy atom. The summed E-state index contributed by atoms with van der Waals surface area (Å²) in [6.45, 7) is 0. The normalized spacial score (nSPS) is 10.4. The largest absolute Gasteiger partial charge is 0.381 e. The van der Waals surface area contributed by atoms with E-state index in [1.165, 1.54) is 12.1 Å². The third-order valence-corrected chi connectivity index (χ3v) is 2.10. The smallest absolute Gasteiger partial charge is 0.183 e. The predicted octanol–water partition coefficient (Wildman–Crippen LogP) is 1.93. The zero-order chi connectivity index (χ0) is 11.5. The summed E-state index contributed by atoms with van der Waals surface area (Å²) in [6.07, 6.45) is 1.42. The van der Waals surface area contributed by atoms with Crippen molar-refractivity contribution < 1.29 is 8.78 Å². The molecule has 1 aromatic carbocycles. The van der Waals surface area contributed by atoms with Crippen LogP contribution in [0.2, 0.25) is 0 Å². The van der Waals surface area contributed by atoms with Gasteiger partial charge in [0.2, 0.25) is 0 Å². The lowest BCUT2D eigenvalue weighted by Gasteiger charge is -2.01. The van der Waals surface area contributed by atoms with E-state index in [4.69, 9.17) is 5.73 Å². The first-order valence-electron chi connectivity index (χ1n) is 4.66. The van der Waals surface area contributed by atoms with Gasteiger partial charge in [0.15, 0.2) is 11.6 Å². The van der Waals surface area contributed by atoms with Gasteiger partial charge in [0.25, 0.3) is 0 Å². The highest BCUT2D eigenvalue weighted by Gasteiger charge is 2.04. The Morgan fingerprint density at radius 3 is 2.44 bits per heavy atom. The van der Waals surface area contributed by atoms with Gasteiger partial charge in [0.05, 0.1) is 6.20 Å². The molecule has 3 nitrogen and oxygen atoms in total. The molecule has 0 aliphatic carbocycles. The summed E-state index contributed by atoms with van der Waals surface area (Å²) in [5.74, 6) is -0.705. The highest BCUT2D eigenvalue weighted by molar-refractivity contribution is 5.29. The molecule has 1 aromatic heterocycles. The van der Waals surface area contributed by atoms with E-state index in [2.05, 4.69) is 9.97 Å². The van der Waals surface area contributed by atoms with Crippen LogP contribution in [0.3, 0.4) is 0 Å². The quantitative estimate of drug-likeness (QED) is 0.842. The lowest BCUT2D eigenvalue weighted by molar-refractivity contribution is 0.616. The van der Waals surface area contributed by atoms with Crippen molar-refractivity contribution in [1.29, 1.82) is 0 Å². The molecule has 0 aliphatic rings. The first kappa shape index (κ1) is 10.5. The van der Waals surface area contributed by atoms with Crippen molar-refractivity contribution >= 4 is 5.82 Å². The van der Waals surface area contributed by atoms with Crippen molar-refractivity contribution in [2.75, 3.05) is 5.73 Å². The van der Waals surface area contributed by atoms with E-state index in [-0.39, 0.29) is 11.6 Å². The molecule has 0 unspecified atom stereocenters. The van der Waals surface area contributed by atoms with Crippen molar-refractivity contribution in [3.05, 3.63) is 53.5 Å². The molecule has 0 amide bonds. The first-order valence-corrected chi connectivity index (χ1v) is 4.66. The minimum Gasteiger partial charge on any atom is -0.381 e. The molecule has 0 bridgehead atoms. The van der Waals surface area contributed by atoms with Crippen LogP contribution in [0.25, 0.3) is 0 Å². The molecule has 2 aromatic rings. The van der Waals surface area contributed by atoms with Crippen LogP contribution in [0.1, 0.15) is 11.4 Å². The minimum absolute atomic E-state index is 0.174. The first-order chi connectivity index (χ1) is 7.65. The number of hydrogen-bond acceptors (Lipinski definition) is 3. The van der Waals surface area contributed by atoms with Crippen LogP contribution in [0.15, 0.2) is 30.5 Å². The lowest BCUT2D eigenvalue weighted by Crippen LogP contribution is -2.02. The van der Waals surface area contributed by atoms with Gasteiger partial charge < -0.3 is 5.73 Å². The number of nitrogens with zero attached hydrogens (tertiary/aromatic N) is 2. The Morgan fingerprint density at radius 2 is 1.81 bits per heavy atom. The van der Waals surface area contributed by atoms with Gasteiger partial charge in [-0.3, -0.25) is 0 Å². The molecule has 1 heterocycles. The van der Waals surface area contributed by atoms with E-state index in [9.17, 15) is 8.78 Å². The van der Waals surface area contributed by atoms with E-state index < -0.39 is 5.82 Å². The van der Waals surface area contributed by atoms with Crippen molar-refractivity contribution in [2.24, 2.45) is 0 Å². The average Bonchev–Trinajstić information content (AvgIpc) is 2.27. The monoisotopic (exact) mass is 221 g/mol. The number of halogens is 2. The van der Waals surface area contributed by atoms with Crippen LogP contribution in [0.5, 0.6) is 0 Å². The topological polar surface area (TPSA) is 51.8 Å². The van der Waals surface area contributed by atoms with Gasteiger partial charge in [0, 0.05) is 6.42 Å². The van der Waals surface area contributed by atoms with Gasteiger partial charge in [-0.25, -0.2) is 18.7 Å². The number of hydrogen-bond donors (Lipinski definition) is 1. The molecule has 82 valence electrons. The summed E-state index contributed by atoms with van der Waals surface area (Å²) in [5.41, 5.74) is 6.15. The number of nitrogens with two attached hydrogens (primary N) is 1. The Hall–Kier alpha value is -2.04. The van der Waals surface area contributed by atoms with Crippen molar-refractivity contribution in [3.63, 3.8) is 0 Å². The number of rotatable bonds is 2. The van der Waals surface area contributed by atoms with Crippen molar-refractivity contribution in [1.82, 2.24) is 9.97 Å². The zero-order valence-electron chi connectivity index (χ0n) is 8.32. The van der Waals surface area contributed by atoms with Crippen LogP contribution in [-0.4, -0.2) is 9.97 Å². The summed E-state index contributed by atoms with van der Waals surface area (Å²) >= 11 is 0. The van der Waals surface area contributed by atoms with Gasteiger partial charge in [0.1, 0.15) is 11.6 Å². The van der Waals surface area contributed by atoms with Crippen molar-refractivity contribution in [2.45, 2.75) is 6.42 Å². The van der Waals surface area contributed by atoms with Gasteiger partial charge >= 0.3 is 0 Å². The molecular formula is C11H9F2N3. The average molecular weight is 221 g/mol. The third-order valence-electron chi connectivity index (χ3n) is 2.10. The second kappa shape index (κ2) is 4.22. The SMILES string of the molecule is Nc1nc(Cc2ccc(F)cc2)ncc1F. The van der Waals surface area contributed by atoms with E-state index >= 15 is 0 Å². The Kier molecular flexibility index (Phi) is 2.76. The second-order valence-electron chi connectivity index (χ2n) is 3.32. The van der Waals surface area contributed by atoms with E-state index in [0.29, 0.717) is 12.2 Å². The maximum atomic E-state index is 12.8. The molecule has 0 fully saturated rings. The van der Waals surface area contributed by atoms with Crippen LogP contribution in [-0.2, 0) is 6.42 Å². The Bertz CT molecular complexity index is 497. The molecule has 0 aliphatic heterocycles. The molecule has 0 saturated heterocycles. The van der Waals surface area contributed by atoms with Crippen LogP contribution in [0.4, 0.5) is 14.6 Å². The highest BCUT2D eigenvalue weighted by atomic mass is 19.1. The molecule has 0 saturated carbocycles. The molecule has 0 radical (unpaired) electrons. The summed E-state index contributed by atoms with van der Waals surface area (Å²) in [7, 11) is 0. The van der Waals surface area contributed by atoms with Gasteiger partial charge in [-0.05, 0) is 17.7 Å². The molecular weight excluding hydrogens is 212 g/mol. The second-order valence-corrected chi connectivity index (χ2v) is 3.32. The van der Waals surface area contributed by atoms with Gasteiger partial charge in [-0.2, -0.15) is 0 Å². The fourth-order valence-corrected chi connectivity index (χ4v) is 1.29. The Labute approximate surface area is 91.0 Å². The highest BCUT2D eigenvalue weighted by Crippen LogP contribution is 2.10.